The van der Waals surface area contributed by atoms with Crippen molar-refractivity contribution in [2.75, 3.05) is 5.75 Å². The van der Waals surface area contributed by atoms with Gasteiger partial charge < -0.3 is 10.2 Å². The molecule has 0 amide bonds. The Labute approximate surface area is 112 Å². The van der Waals surface area contributed by atoms with Gasteiger partial charge in [0.05, 0.1) is 6.10 Å². The highest BCUT2D eigenvalue weighted by Crippen LogP contribution is 2.35. The van der Waals surface area contributed by atoms with Crippen molar-refractivity contribution in [3.63, 3.8) is 0 Å². The smallest absolute Gasteiger partial charge is 0.106 e. The Kier molecular flexibility index (Phi) is 3.06. The molecule has 18 heavy (non-hydrogen) atoms. The second kappa shape index (κ2) is 4.57. The molecule has 2 N–H and O–H groups in total. The van der Waals surface area contributed by atoms with Crippen LogP contribution in [-0.2, 0) is 12.8 Å². The van der Waals surface area contributed by atoms with Crippen LogP contribution in [0.25, 0.3) is 10.8 Å². The molecule has 1 aliphatic carbocycles. The Morgan fingerprint density at radius 3 is 2.50 bits per heavy atom. The van der Waals surface area contributed by atoms with Gasteiger partial charge in [0.2, 0.25) is 0 Å². The zero-order valence-corrected chi connectivity index (χ0v) is 10.9. The molecule has 2 aromatic carbocycles. The molecule has 0 fully saturated rings. The van der Waals surface area contributed by atoms with Crippen molar-refractivity contribution in [1.29, 1.82) is 0 Å². The standard InChI is InChI=1S/C15H16O2S/c16-13(8-18)15(17)12-7-6-10-5-4-9-2-1-3-11(12)14(9)10/h1-3,6-7,13,15-18H,4-5,8H2. The van der Waals surface area contributed by atoms with Gasteiger partial charge in [0.25, 0.3) is 0 Å². The Balaban J connectivity index is 2.20. The predicted molar refractivity (Wildman–Crippen MR) is 76.2 cm³/mol. The lowest BCUT2D eigenvalue weighted by molar-refractivity contribution is 0.0347. The van der Waals surface area contributed by atoms with E-state index in [0.29, 0.717) is 0 Å². The van der Waals surface area contributed by atoms with Gasteiger partial charge in [-0.25, -0.2) is 0 Å². The Bertz CT molecular complexity index is 584. The minimum atomic E-state index is -0.868. The van der Waals surface area contributed by atoms with Crippen LogP contribution in [0.15, 0.2) is 30.3 Å². The number of aryl methyl sites for hydroxylation is 2. The monoisotopic (exact) mass is 260 g/mol. The molecule has 94 valence electrons. The van der Waals surface area contributed by atoms with Crippen molar-refractivity contribution in [2.45, 2.75) is 25.0 Å². The van der Waals surface area contributed by atoms with Crippen LogP contribution >= 0.6 is 12.6 Å². The molecule has 3 rings (SSSR count). The summed E-state index contributed by atoms with van der Waals surface area (Å²) >= 11 is 4.04. The number of benzene rings is 2. The summed E-state index contributed by atoms with van der Waals surface area (Å²) in [5.74, 6) is 0.254. The largest absolute Gasteiger partial charge is 0.389 e. The first-order valence-electron chi connectivity index (χ1n) is 6.22. The van der Waals surface area contributed by atoms with Gasteiger partial charge in [-0.05, 0) is 40.3 Å². The summed E-state index contributed by atoms with van der Waals surface area (Å²) in [6.07, 6.45) is 0.446. The third-order valence-corrected chi connectivity index (χ3v) is 4.15. The van der Waals surface area contributed by atoms with E-state index in [1.807, 2.05) is 18.2 Å². The van der Waals surface area contributed by atoms with E-state index in [4.69, 9.17) is 0 Å². The van der Waals surface area contributed by atoms with E-state index in [2.05, 4.69) is 24.8 Å². The second-order valence-corrected chi connectivity index (χ2v) is 5.21. The van der Waals surface area contributed by atoms with Gasteiger partial charge in [0.1, 0.15) is 6.10 Å². The van der Waals surface area contributed by atoms with E-state index >= 15 is 0 Å². The third-order valence-electron chi connectivity index (χ3n) is 3.78. The topological polar surface area (TPSA) is 40.5 Å². The molecule has 2 nitrogen and oxygen atoms in total. The van der Waals surface area contributed by atoms with Crippen molar-refractivity contribution in [3.05, 3.63) is 47.0 Å². The number of rotatable bonds is 3. The SMILES string of the molecule is OC(CS)C(O)c1ccc2c3c(cccc13)CC2. The van der Waals surface area contributed by atoms with E-state index in [0.717, 1.165) is 23.8 Å². The van der Waals surface area contributed by atoms with Crippen LogP contribution in [0.3, 0.4) is 0 Å². The van der Waals surface area contributed by atoms with Crippen LogP contribution in [-0.4, -0.2) is 22.1 Å². The quantitative estimate of drug-likeness (QED) is 0.741. The molecule has 3 heteroatoms. The van der Waals surface area contributed by atoms with E-state index in [9.17, 15) is 10.2 Å². The molecule has 2 aromatic rings. The van der Waals surface area contributed by atoms with E-state index in [-0.39, 0.29) is 5.75 Å². The van der Waals surface area contributed by atoms with Crippen LogP contribution in [0.4, 0.5) is 0 Å². The van der Waals surface area contributed by atoms with Gasteiger partial charge in [-0.3, -0.25) is 0 Å². The average molecular weight is 260 g/mol. The minimum Gasteiger partial charge on any atom is -0.389 e. The molecular formula is C15H16O2S. The van der Waals surface area contributed by atoms with Gasteiger partial charge in [-0.2, -0.15) is 12.6 Å². The van der Waals surface area contributed by atoms with Crippen molar-refractivity contribution in [2.24, 2.45) is 0 Å². The molecule has 1 aliphatic rings. The predicted octanol–water partition coefficient (Wildman–Crippen LogP) is 2.26. The molecule has 0 saturated carbocycles. The lowest BCUT2D eigenvalue weighted by atomic mass is 9.95. The third kappa shape index (κ3) is 1.74. The van der Waals surface area contributed by atoms with Crippen LogP contribution in [0.1, 0.15) is 22.8 Å². The molecule has 2 unspecified atom stereocenters. The number of hydrogen-bond donors (Lipinski definition) is 3. The molecule has 0 saturated heterocycles. The molecule has 2 atom stereocenters. The Hall–Kier alpha value is -1.03. The van der Waals surface area contributed by atoms with E-state index < -0.39 is 12.2 Å². The van der Waals surface area contributed by atoms with Crippen molar-refractivity contribution < 1.29 is 10.2 Å². The van der Waals surface area contributed by atoms with Crippen LogP contribution in [0.5, 0.6) is 0 Å². The Morgan fingerprint density at radius 1 is 1.06 bits per heavy atom. The molecule has 0 radical (unpaired) electrons. The number of thiol groups is 1. The van der Waals surface area contributed by atoms with Crippen molar-refractivity contribution in [3.8, 4) is 0 Å². The summed E-state index contributed by atoms with van der Waals surface area (Å²) in [5.41, 5.74) is 3.49. The summed E-state index contributed by atoms with van der Waals surface area (Å²) in [5, 5.41) is 22.3. The fourth-order valence-electron chi connectivity index (χ4n) is 2.83. The van der Waals surface area contributed by atoms with Crippen molar-refractivity contribution in [1.82, 2.24) is 0 Å². The molecule has 0 aliphatic heterocycles. The highest BCUT2D eigenvalue weighted by molar-refractivity contribution is 7.80. The van der Waals surface area contributed by atoms with Gasteiger partial charge in [-0.15, -0.1) is 0 Å². The maximum atomic E-state index is 10.2. The summed E-state index contributed by atoms with van der Waals surface area (Å²) < 4.78 is 0. The van der Waals surface area contributed by atoms with E-state index in [1.54, 1.807) is 0 Å². The zero-order chi connectivity index (χ0) is 12.7. The zero-order valence-electron chi connectivity index (χ0n) is 10.0. The first-order valence-corrected chi connectivity index (χ1v) is 6.86. The molecule has 0 bridgehead atoms. The van der Waals surface area contributed by atoms with Gasteiger partial charge >= 0.3 is 0 Å². The lowest BCUT2D eigenvalue weighted by Crippen LogP contribution is -2.20. The highest BCUT2D eigenvalue weighted by atomic mass is 32.1. The van der Waals surface area contributed by atoms with Crippen LogP contribution < -0.4 is 0 Å². The maximum absolute atomic E-state index is 10.2. The lowest BCUT2D eigenvalue weighted by Gasteiger charge is -2.18. The molecule has 0 aromatic heterocycles. The first kappa shape index (κ1) is 12.0. The van der Waals surface area contributed by atoms with Gasteiger partial charge in [0, 0.05) is 5.75 Å². The summed E-state index contributed by atoms with van der Waals surface area (Å²) in [6.45, 7) is 0. The summed E-state index contributed by atoms with van der Waals surface area (Å²) in [4.78, 5) is 0. The number of aliphatic hydroxyl groups excluding tert-OH is 2. The molecular weight excluding hydrogens is 244 g/mol. The number of hydrogen-bond acceptors (Lipinski definition) is 3. The molecule has 0 heterocycles. The number of aliphatic hydroxyl groups is 2. The van der Waals surface area contributed by atoms with E-state index in [1.165, 1.54) is 16.5 Å². The normalized spacial score (nSPS) is 17.1. The highest BCUT2D eigenvalue weighted by Gasteiger charge is 2.22. The fourth-order valence-corrected chi connectivity index (χ4v) is 3.03. The first-order chi connectivity index (χ1) is 8.72. The average Bonchev–Trinajstić information content (AvgIpc) is 2.83. The van der Waals surface area contributed by atoms with Crippen molar-refractivity contribution >= 4 is 23.4 Å². The van der Waals surface area contributed by atoms with Gasteiger partial charge in [-0.1, -0.05) is 30.3 Å². The minimum absolute atomic E-state index is 0.254. The second-order valence-electron chi connectivity index (χ2n) is 4.85. The summed E-state index contributed by atoms with van der Waals surface area (Å²) in [6, 6.07) is 10.2. The summed E-state index contributed by atoms with van der Waals surface area (Å²) in [7, 11) is 0. The molecule has 0 spiro atoms. The fraction of sp³-hybridized carbons (Fsp3) is 0.333. The van der Waals surface area contributed by atoms with Crippen LogP contribution in [0.2, 0.25) is 0 Å². The van der Waals surface area contributed by atoms with Crippen LogP contribution in [0, 0.1) is 0 Å². The Morgan fingerprint density at radius 2 is 1.78 bits per heavy atom. The van der Waals surface area contributed by atoms with Gasteiger partial charge in [0.15, 0.2) is 0 Å². The maximum Gasteiger partial charge on any atom is 0.106 e.